The van der Waals surface area contributed by atoms with E-state index in [1.54, 1.807) is 37.7 Å². The number of nitrogens with zero attached hydrogens (tertiary/aromatic N) is 4. The van der Waals surface area contributed by atoms with E-state index in [1.807, 2.05) is 6.07 Å². The Morgan fingerprint density at radius 3 is 2.88 bits per heavy atom. The summed E-state index contributed by atoms with van der Waals surface area (Å²) in [6.45, 7) is 5.80. The van der Waals surface area contributed by atoms with Crippen LogP contribution in [0.3, 0.4) is 0 Å². The van der Waals surface area contributed by atoms with Crippen molar-refractivity contribution in [2.45, 2.75) is 45.0 Å². The number of carbonyl (C=O) groups is 1. The molecule has 1 fully saturated rings. The summed E-state index contributed by atoms with van der Waals surface area (Å²) in [5.74, 6) is 0. The van der Waals surface area contributed by atoms with Crippen molar-refractivity contribution in [3.63, 3.8) is 0 Å². The molecular formula is C16H20ClFN4O2. The molecule has 6 nitrogen and oxygen atoms in total. The summed E-state index contributed by atoms with van der Waals surface area (Å²) in [4.78, 5) is 21.6. The summed E-state index contributed by atoms with van der Waals surface area (Å²) in [5, 5.41) is 0.935. The molecule has 2 aromatic rings. The molecule has 1 amide bonds. The number of halogens is 2. The summed E-state index contributed by atoms with van der Waals surface area (Å²) in [6, 6.07) is 1.44. The Morgan fingerprint density at radius 2 is 2.21 bits per heavy atom. The van der Waals surface area contributed by atoms with Gasteiger partial charge in [-0.2, -0.15) is 4.98 Å². The molecule has 2 atom stereocenters. The zero-order valence-electron chi connectivity index (χ0n) is 13.9. The van der Waals surface area contributed by atoms with Gasteiger partial charge >= 0.3 is 6.09 Å². The molecule has 1 saturated heterocycles. The molecule has 0 spiro atoms. The molecule has 1 aliphatic rings. The van der Waals surface area contributed by atoms with Gasteiger partial charge < -0.3 is 14.2 Å². The number of piperidine rings is 1. The lowest BCUT2D eigenvalue weighted by atomic mass is 10.0. The summed E-state index contributed by atoms with van der Waals surface area (Å²) >= 11 is 5.85. The largest absolute Gasteiger partial charge is 0.444 e. The maximum absolute atomic E-state index is 14.7. The summed E-state index contributed by atoms with van der Waals surface area (Å²) in [6.07, 6.45) is 2.19. The number of ether oxygens (including phenoxy) is 1. The van der Waals surface area contributed by atoms with Crippen molar-refractivity contribution in [2.24, 2.45) is 0 Å². The van der Waals surface area contributed by atoms with E-state index in [2.05, 4.69) is 9.97 Å². The normalized spacial score (nSPS) is 22.0. The van der Waals surface area contributed by atoms with E-state index >= 15 is 0 Å². The zero-order chi connectivity index (χ0) is 17.5. The van der Waals surface area contributed by atoms with E-state index in [9.17, 15) is 9.18 Å². The van der Waals surface area contributed by atoms with Crippen LogP contribution < -0.4 is 0 Å². The number of carbonyl (C=O) groups excluding carboxylic acids is 1. The maximum atomic E-state index is 14.7. The molecule has 2 aromatic heterocycles. The second kappa shape index (κ2) is 6.20. The van der Waals surface area contributed by atoms with Gasteiger partial charge in [-0.25, -0.2) is 14.2 Å². The molecule has 3 heterocycles. The van der Waals surface area contributed by atoms with E-state index in [1.165, 1.54) is 4.90 Å². The fourth-order valence-electron chi connectivity index (χ4n) is 2.88. The van der Waals surface area contributed by atoms with Gasteiger partial charge in [-0.1, -0.05) is 0 Å². The number of alkyl halides is 1. The molecule has 0 radical (unpaired) electrons. The summed E-state index contributed by atoms with van der Waals surface area (Å²) in [7, 11) is 0. The average molecular weight is 355 g/mol. The fraction of sp³-hybridized carbons (Fsp3) is 0.562. The molecule has 3 rings (SSSR count). The van der Waals surface area contributed by atoms with E-state index < -0.39 is 23.9 Å². The molecule has 1 aliphatic heterocycles. The minimum atomic E-state index is -1.21. The molecule has 0 N–H and O–H groups in total. The van der Waals surface area contributed by atoms with Crippen molar-refractivity contribution in [1.29, 1.82) is 0 Å². The Kier molecular flexibility index (Phi) is 4.38. The van der Waals surface area contributed by atoms with Crippen LogP contribution >= 0.6 is 11.6 Å². The minimum Gasteiger partial charge on any atom is -0.444 e. The molecule has 0 bridgehead atoms. The van der Waals surface area contributed by atoms with E-state index in [4.69, 9.17) is 16.3 Å². The quantitative estimate of drug-likeness (QED) is 0.734. The number of likely N-dealkylation sites (tertiary alicyclic amines) is 1. The second-order valence-corrected chi connectivity index (χ2v) is 7.28. The highest BCUT2D eigenvalue weighted by Crippen LogP contribution is 2.30. The van der Waals surface area contributed by atoms with Crippen LogP contribution in [0, 0.1) is 0 Å². The van der Waals surface area contributed by atoms with E-state index in [-0.39, 0.29) is 11.8 Å². The lowest BCUT2D eigenvalue weighted by Crippen LogP contribution is -2.47. The monoisotopic (exact) mass is 354 g/mol. The van der Waals surface area contributed by atoms with Crippen molar-refractivity contribution in [1.82, 2.24) is 19.4 Å². The van der Waals surface area contributed by atoms with Gasteiger partial charge in [-0.05, 0) is 44.9 Å². The Hall–Kier alpha value is -1.89. The van der Waals surface area contributed by atoms with Crippen LogP contribution in [0.25, 0.3) is 11.0 Å². The second-order valence-electron chi connectivity index (χ2n) is 6.94. The number of hydrogen-bond donors (Lipinski definition) is 0. The van der Waals surface area contributed by atoms with Crippen molar-refractivity contribution < 1.29 is 13.9 Å². The van der Waals surface area contributed by atoms with Gasteiger partial charge in [0.1, 0.15) is 17.4 Å². The number of fused-ring (bicyclic) bond motifs is 1. The van der Waals surface area contributed by atoms with Crippen LogP contribution in [-0.2, 0) is 4.74 Å². The molecule has 24 heavy (non-hydrogen) atoms. The van der Waals surface area contributed by atoms with Crippen LogP contribution in [0.2, 0.25) is 5.28 Å². The SMILES string of the molecule is CC(C)(C)OC(=O)N1CC[C@H](n2ccc3cnc(Cl)nc32)[C@H](F)C1. The molecule has 0 unspecified atom stereocenters. The third-order valence-corrected chi connectivity index (χ3v) is 4.12. The van der Waals surface area contributed by atoms with Gasteiger partial charge in [0.2, 0.25) is 5.28 Å². The van der Waals surface area contributed by atoms with Crippen LogP contribution in [0.1, 0.15) is 33.2 Å². The van der Waals surface area contributed by atoms with Crippen LogP contribution in [0.5, 0.6) is 0 Å². The minimum absolute atomic E-state index is 0.00192. The fourth-order valence-corrected chi connectivity index (χ4v) is 3.01. The van der Waals surface area contributed by atoms with Gasteiger partial charge in [-0.15, -0.1) is 0 Å². The lowest BCUT2D eigenvalue weighted by Gasteiger charge is -2.36. The topological polar surface area (TPSA) is 60.2 Å². The van der Waals surface area contributed by atoms with Crippen LogP contribution in [-0.4, -0.2) is 50.4 Å². The Bertz CT molecular complexity index is 758. The number of amides is 1. The first kappa shape index (κ1) is 17.0. The number of aromatic nitrogens is 3. The first-order valence-electron chi connectivity index (χ1n) is 7.86. The van der Waals surface area contributed by atoms with Crippen LogP contribution in [0.4, 0.5) is 9.18 Å². The Labute approximate surface area is 144 Å². The molecule has 8 heteroatoms. The van der Waals surface area contributed by atoms with E-state index in [0.29, 0.717) is 18.6 Å². The van der Waals surface area contributed by atoms with Crippen molar-refractivity contribution in [3.8, 4) is 0 Å². The maximum Gasteiger partial charge on any atom is 0.410 e. The van der Waals surface area contributed by atoms with Crippen molar-refractivity contribution in [2.75, 3.05) is 13.1 Å². The van der Waals surface area contributed by atoms with Gasteiger partial charge in [0.25, 0.3) is 0 Å². The predicted molar refractivity (Wildman–Crippen MR) is 88.9 cm³/mol. The Morgan fingerprint density at radius 1 is 1.46 bits per heavy atom. The summed E-state index contributed by atoms with van der Waals surface area (Å²) < 4.78 is 21.8. The molecule has 130 valence electrons. The van der Waals surface area contributed by atoms with Gasteiger partial charge in [0, 0.05) is 24.3 Å². The van der Waals surface area contributed by atoms with E-state index in [0.717, 1.165) is 5.39 Å². The number of rotatable bonds is 1. The third-order valence-electron chi connectivity index (χ3n) is 3.94. The molecular weight excluding hydrogens is 335 g/mol. The highest BCUT2D eigenvalue weighted by Gasteiger charge is 2.35. The van der Waals surface area contributed by atoms with Crippen LogP contribution in [0.15, 0.2) is 18.5 Å². The highest BCUT2D eigenvalue weighted by atomic mass is 35.5. The molecule has 0 aromatic carbocycles. The first-order chi connectivity index (χ1) is 11.2. The summed E-state index contributed by atoms with van der Waals surface area (Å²) in [5.41, 5.74) is 0.0118. The van der Waals surface area contributed by atoms with Gasteiger partial charge in [0.05, 0.1) is 12.6 Å². The standard InChI is InChI=1S/C16H20ClFN4O2/c1-16(2,3)24-15(23)21-6-5-12(11(18)9-21)22-7-4-10-8-19-14(17)20-13(10)22/h4,7-8,11-12H,5-6,9H2,1-3H3/t11-,12+/m1/s1. The van der Waals surface area contributed by atoms with Crippen molar-refractivity contribution >= 4 is 28.7 Å². The lowest BCUT2D eigenvalue weighted by molar-refractivity contribution is 0.00705. The Balaban J connectivity index is 1.76. The first-order valence-corrected chi connectivity index (χ1v) is 8.23. The predicted octanol–water partition coefficient (Wildman–Crippen LogP) is 3.60. The van der Waals surface area contributed by atoms with Gasteiger partial charge in [0.15, 0.2) is 0 Å². The average Bonchev–Trinajstić information content (AvgIpc) is 2.88. The van der Waals surface area contributed by atoms with Gasteiger partial charge in [-0.3, -0.25) is 0 Å². The van der Waals surface area contributed by atoms with Crippen molar-refractivity contribution in [3.05, 3.63) is 23.7 Å². The zero-order valence-corrected chi connectivity index (χ0v) is 14.6. The highest BCUT2D eigenvalue weighted by molar-refractivity contribution is 6.28. The smallest absolute Gasteiger partial charge is 0.410 e. The number of hydrogen-bond acceptors (Lipinski definition) is 4. The molecule has 0 aliphatic carbocycles. The molecule has 0 saturated carbocycles. The third kappa shape index (κ3) is 3.45.